The zero-order chi connectivity index (χ0) is 27.6. The molecule has 0 saturated carbocycles. The number of halogens is 6. The van der Waals surface area contributed by atoms with Crippen LogP contribution in [0.3, 0.4) is 0 Å². The number of hydrogen-bond acceptors (Lipinski definition) is 4. The predicted molar refractivity (Wildman–Crippen MR) is 124 cm³/mol. The van der Waals surface area contributed by atoms with Gasteiger partial charge in [-0.15, -0.1) is 0 Å². The molecule has 36 heavy (non-hydrogen) atoms. The molecule has 0 bridgehead atoms. The average molecular weight is 549 g/mol. The van der Waals surface area contributed by atoms with E-state index in [2.05, 4.69) is 11.4 Å². The van der Waals surface area contributed by atoms with Crippen LogP contribution in [-0.4, -0.2) is 40.4 Å². The molecule has 1 heterocycles. The van der Waals surface area contributed by atoms with Crippen molar-refractivity contribution in [2.45, 2.75) is 50.4 Å². The predicted octanol–water partition coefficient (Wildman–Crippen LogP) is 5.78. The number of aliphatic carboxylic acids is 2. The van der Waals surface area contributed by atoms with Crippen molar-refractivity contribution in [3.8, 4) is 6.07 Å². The third-order valence-electron chi connectivity index (χ3n) is 5.82. The van der Waals surface area contributed by atoms with Crippen LogP contribution in [-0.2, 0) is 15.0 Å². The van der Waals surface area contributed by atoms with E-state index in [9.17, 15) is 28.3 Å². The Morgan fingerprint density at radius 3 is 2.00 bits per heavy atom. The zero-order valence-corrected chi connectivity index (χ0v) is 20.7. The lowest BCUT2D eigenvalue weighted by molar-refractivity contribution is -0.192. The molecule has 3 rings (SSSR count). The minimum atomic E-state index is -5.08. The van der Waals surface area contributed by atoms with E-state index in [1.165, 1.54) is 12.1 Å². The van der Waals surface area contributed by atoms with Gasteiger partial charge in [0.25, 0.3) is 0 Å². The molecule has 4 atom stereocenters. The van der Waals surface area contributed by atoms with Gasteiger partial charge in [-0.25, -0.2) is 9.18 Å². The Labute approximate surface area is 214 Å². The van der Waals surface area contributed by atoms with Crippen LogP contribution in [0.15, 0.2) is 42.5 Å². The van der Waals surface area contributed by atoms with Crippen LogP contribution < -0.4 is 5.32 Å². The highest BCUT2D eigenvalue weighted by molar-refractivity contribution is 6.31. The van der Waals surface area contributed by atoms with Gasteiger partial charge in [-0.05, 0) is 34.7 Å². The van der Waals surface area contributed by atoms with Gasteiger partial charge in [0.2, 0.25) is 0 Å². The topological polar surface area (TPSA) is 110 Å². The number of nitriles is 1. The number of nitrogens with zero attached hydrogens (tertiary/aromatic N) is 1. The Kier molecular flexibility index (Phi) is 8.67. The first kappa shape index (κ1) is 29.4. The summed E-state index contributed by atoms with van der Waals surface area (Å²) in [4.78, 5) is 21.1. The van der Waals surface area contributed by atoms with Gasteiger partial charge in [0.05, 0.1) is 11.1 Å². The Hall–Kier alpha value is -2.87. The molecular formula is C24H22Cl2F4N2O4. The van der Waals surface area contributed by atoms with Gasteiger partial charge in [0, 0.05) is 17.0 Å². The van der Waals surface area contributed by atoms with E-state index in [4.69, 9.17) is 33.1 Å². The largest absolute Gasteiger partial charge is 0.490 e. The van der Waals surface area contributed by atoms with Crippen molar-refractivity contribution in [3.05, 3.63) is 69.5 Å². The first-order valence-electron chi connectivity index (χ1n) is 10.4. The Bertz CT molecular complexity index is 1180. The third kappa shape index (κ3) is 5.75. The second-order valence-corrected chi connectivity index (χ2v) is 10.0. The molecule has 2 aromatic carbocycles. The number of alkyl halides is 3. The fraction of sp³-hybridized carbons (Fsp3) is 0.375. The standard InChI is InChI=1S/C22H21Cl2FN2O2.C2HF3O2/c1-21(2,3)20-22(11-26,12-7-9-13(23)10-8-12)16(18(27-20)19(28)29)14-5-4-6-15(24)17(14)25;3-2(4,5)1(6)7/h4-10,16,18,20,27H,1-3H3,(H,28,29);(H,6,7). The van der Waals surface area contributed by atoms with Gasteiger partial charge in [0.1, 0.15) is 17.3 Å². The molecule has 12 heteroatoms. The second-order valence-electron chi connectivity index (χ2n) is 9.19. The molecule has 0 spiro atoms. The van der Waals surface area contributed by atoms with Gasteiger partial charge < -0.3 is 10.2 Å². The Balaban J connectivity index is 0.000000572. The molecule has 2 aromatic rings. The molecule has 1 fully saturated rings. The van der Waals surface area contributed by atoms with Crippen molar-refractivity contribution < 1.29 is 37.4 Å². The number of nitrogens with one attached hydrogen (secondary N) is 1. The summed E-state index contributed by atoms with van der Waals surface area (Å²) in [6.07, 6.45) is -5.08. The van der Waals surface area contributed by atoms with Crippen LogP contribution in [0.1, 0.15) is 37.8 Å². The monoisotopic (exact) mass is 548 g/mol. The van der Waals surface area contributed by atoms with Crippen molar-refractivity contribution >= 4 is 35.1 Å². The van der Waals surface area contributed by atoms with E-state index in [-0.39, 0.29) is 10.6 Å². The van der Waals surface area contributed by atoms with Gasteiger partial charge >= 0.3 is 18.1 Å². The third-order valence-corrected chi connectivity index (χ3v) is 6.37. The lowest BCUT2D eigenvalue weighted by atomic mass is 9.60. The van der Waals surface area contributed by atoms with E-state index >= 15 is 4.39 Å². The number of carbonyl (C=O) groups is 2. The van der Waals surface area contributed by atoms with Crippen LogP contribution in [0, 0.1) is 22.6 Å². The van der Waals surface area contributed by atoms with Crippen LogP contribution in [0.5, 0.6) is 0 Å². The molecule has 0 aliphatic carbocycles. The van der Waals surface area contributed by atoms with Crippen molar-refractivity contribution in [2.75, 3.05) is 0 Å². The lowest BCUT2D eigenvalue weighted by Crippen LogP contribution is -2.50. The van der Waals surface area contributed by atoms with Crippen LogP contribution in [0.4, 0.5) is 17.6 Å². The van der Waals surface area contributed by atoms with E-state index < -0.39 is 52.8 Å². The maximum atomic E-state index is 15.1. The quantitative estimate of drug-likeness (QED) is 0.419. The van der Waals surface area contributed by atoms with E-state index in [0.29, 0.717) is 10.6 Å². The summed E-state index contributed by atoms with van der Waals surface area (Å²) < 4.78 is 46.8. The van der Waals surface area contributed by atoms with Crippen LogP contribution in [0.2, 0.25) is 10.0 Å². The van der Waals surface area contributed by atoms with Crippen LogP contribution >= 0.6 is 23.2 Å². The van der Waals surface area contributed by atoms with Crippen molar-refractivity contribution in [3.63, 3.8) is 0 Å². The first-order chi connectivity index (χ1) is 16.5. The van der Waals surface area contributed by atoms with Gasteiger partial charge in [-0.2, -0.15) is 18.4 Å². The average Bonchev–Trinajstić information content (AvgIpc) is 3.13. The highest BCUT2D eigenvalue weighted by Gasteiger charge is 2.62. The summed E-state index contributed by atoms with van der Waals surface area (Å²) in [6.45, 7) is 5.76. The smallest absolute Gasteiger partial charge is 0.480 e. The van der Waals surface area contributed by atoms with Gasteiger partial charge in [-0.1, -0.05) is 68.2 Å². The van der Waals surface area contributed by atoms with Crippen molar-refractivity contribution in [2.24, 2.45) is 5.41 Å². The van der Waals surface area contributed by atoms with Crippen molar-refractivity contribution in [1.29, 1.82) is 5.26 Å². The Morgan fingerprint density at radius 2 is 1.58 bits per heavy atom. The van der Waals surface area contributed by atoms with Crippen LogP contribution in [0.25, 0.3) is 0 Å². The molecule has 1 aliphatic heterocycles. The molecule has 0 amide bonds. The summed E-state index contributed by atoms with van der Waals surface area (Å²) in [6, 6.07) is 11.8. The fourth-order valence-corrected chi connectivity index (χ4v) is 4.76. The highest BCUT2D eigenvalue weighted by Crippen LogP contribution is 2.53. The number of rotatable bonds is 3. The first-order valence-corrected chi connectivity index (χ1v) is 11.1. The minimum absolute atomic E-state index is 0.0978. The highest BCUT2D eigenvalue weighted by atomic mass is 35.5. The molecule has 6 nitrogen and oxygen atoms in total. The maximum absolute atomic E-state index is 15.1. The normalized spacial score (nSPS) is 23.8. The van der Waals surface area contributed by atoms with E-state index in [0.717, 1.165) is 0 Å². The molecule has 4 unspecified atom stereocenters. The molecule has 0 aromatic heterocycles. The Morgan fingerprint density at radius 1 is 1.06 bits per heavy atom. The maximum Gasteiger partial charge on any atom is 0.490 e. The molecule has 3 N–H and O–H groups in total. The van der Waals surface area contributed by atoms with Gasteiger partial charge in [-0.3, -0.25) is 10.1 Å². The van der Waals surface area contributed by atoms with E-state index in [1.54, 1.807) is 30.3 Å². The molecule has 1 aliphatic rings. The lowest BCUT2D eigenvalue weighted by Gasteiger charge is -2.40. The van der Waals surface area contributed by atoms with Gasteiger partial charge in [0.15, 0.2) is 0 Å². The van der Waals surface area contributed by atoms with Crippen molar-refractivity contribution in [1.82, 2.24) is 5.32 Å². The number of carboxylic acids is 2. The number of hydrogen-bond donors (Lipinski definition) is 3. The molecular weight excluding hydrogens is 527 g/mol. The second kappa shape index (κ2) is 10.6. The zero-order valence-electron chi connectivity index (χ0n) is 19.2. The summed E-state index contributed by atoms with van der Waals surface area (Å²) >= 11 is 12.0. The summed E-state index contributed by atoms with van der Waals surface area (Å²) in [5.41, 5.74) is -1.20. The number of carboxylic acid groups (broad SMARTS) is 2. The molecule has 0 radical (unpaired) electrons. The molecule has 1 saturated heterocycles. The van der Waals surface area contributed by atoms with E-state index in [1.807, 2.05) is 20.8 Å². The summed E-state index contributed by atoms with van der Waals surface area (Å²) in [7, 11) is 0. The molecule has 194 valence electrons. The minimum Gasteiger partial charge on any atom is -0.480 e. The fourth-order valence-electron chi connectivity index (χ4n) is 4.45. The summed E-state index contributed by atoms with van der Waals surface area (Å²) in [5, 5.41) is 31.1. The SMILES string of the molecule is CC(C)(C)C1NC(C(=O)O)C(c2cccc(Cl)c2F)C1(C#N)c1ccc(Cl)cc1.O=C(O)C(F)(F)F. The summed E-state index contributed by atoms with van der Waals surface area (Å²) in [5.74, 6) is -5.63. The number of benzene rings is 2.